The molecule has 2 amide bonds. The number of rotatable bonds is 13. The van der Waals surface area contributed by atoms with Gasteiger partial charge >= 0.3 is 12.0 Å². The number of amides is 2. The molecule has 1 aliphatic carbocycles. The monoisotopic (exact) mass is 469 g/mol. The molecule has 0 unspecified atom stereocenters. The molecule has 31 heavy (non-hydrogen) atoms. The summed E-state index contributed by atoms with van der Waals surface area (Å²) in [5.41, 5.74) is 0.926. The molecule has 2 N–H and O–H groups in total. The smallest absolute Gasteiger partial charge is 0.319 e. The van der Waals surface area contributed by atoms with E-state index in [-0.39, 0.29) is 6.03 Å². The molecule has 8 heteroatoms. The lowest BCUT2D eigenvalue weighted by atomic mass is 9.96. The quantitative estimate of drug-likeness (QED) is 0.275. The molecule has 1 aromatic heterocycles. The third-order valence-electron chi connectivity index (χ3n) is 5.78. The first-order valence-corrected chi connectivity index (χ1v) is 13.4. The number of aromatic nitrogens is 1. The second-order valence-electron chi connectivity index (χ2n) is 8.96. The van der Waals surface area contributed by atoms with Gasteiger partial charge < -0.3 is 15.3 Å². The van der Waals surface area contributed by atoms with E-state index in [0.29, 0.717) is 19.0 Å². The van der Waals surface area contributed by atoms with Crippen molar-refractivity contribution in [1.29, 1.82) is 0 Å². The summed E-state index contributed by atoms with van der Waals surface area (Å²) >= 11 is 2.75. The zero-order valence-electron chi connectivity index (χ0n) is 19.3. The lowest BCUT2D eigenvalue weighted by Gasteiger charge is -2.28. The maximum atomic E-state index is 12.9. The molecule has 0 radical (unpaired) electrons. The lowest BCUT2D eigenvalue weighted by molar-refractivity contribution is -0.138. The summed E-state index contributed by atoms with van der Waals surface area (Å²) < 4.78 is -0.139. The number of hydrogen-bond donors (Lipinski definition) is 2. The van der Waals surface area contributed by atoms with Gasteiger partial charge in [-0.05, 0) is 33.1 Å². The van der Waals surface area contributed by atoms with Crippen molar-refractivity contribution in [2.45, 2.75) is 107 Å². The molecule has 1 saturated carbocycles. The highest BCUT2D eigenvalue weighted by Crippen LogP contribution is 2.34. The number of hydrogen-bond acceptors (Lipinski definition) is 5. The van der Waals surface area contributed by atoms with Crippen molar-refractivity contribution >= 4 is 35.1 Å². The minimum absolute atomic E-state index is 0.0548. The molecular weight excluding hydrogens is 430 g/mol. The average Bonchev–Trinajstić information content (AvgIpc) is 3.17. The van der Waals surface area contributed by atoms with Gasteiger partial charge in [0.25, 0.3) is 0 Å². The summed E-state index contributed by atoms with van der Waals surface area (Å²) in [6.45, 7) is 7.01. The van der Waals surface area contributed by atoms with Gasteiger partial charge in [0.05, 0.1) is 5.69 Å². The van der Waals surface area contributed by atoms with E-state index in [9.17, 15) is 14.7 Å². The Morgan fingerprint density at radius 3 is 2.58 bits per heavy atom. The first kappa shape index (κ1) is 26.0. The standard InChI is InChI=1S/C23H39N3O3S2/c1-4-5-6-7-11-15-26(21(29)24-18-12-9-8-10-13-18)16-14-19-17-30-22(25-19)31-23(2,3)20(27)28/h17-18H,4-16H2,1-3H3,(H,24,29)(H,27,28). The molecule has 6 nitrogen and oxygen atoms in total. The summed E-state index contributed by atoms with van der Waals surface area (Å²) in [6, 6.07) is 0.364. The Labute approximate surface area is 195 Å². The van der Waals surface area contributed by atoms with E-state index in [0.717, 1.165) is 42.3 Å². The summed E-state index contributed by atoms with van der Waals surface area (Å²) in [4.78, 5) is 30.9. The van der Waals surface area contributed by atoms with Gasteiger partial charge in [-0.1, -0.05) is 63.6 Å². The number of aliphatic carboxylic acids is 1. The predicted octanol–water partition coefficient (Wildman–Crippen LogP) is 5.96. The Morgan fingerprint density at radius 2 is 1.90 bits per heavy atom. The van der Waals surface area contributed by atoms with Crippen LogP contribution in [0.4, 0.5) is 4.79 Å². The van der Waals surface area contributed by atoms with Gasteiger partial charge in [0, 0.05) is 30.9 Å². The molecule has 1 aliphatic rings. The number of carboxylic acids is 1. The number of unbranched alkanes of at least 4 members (excludes halogenated alkanes) is 4. The Morgan fingerprint density at radius 1 is 1.19 bits per heavy atom. The zero-order chi connectivity index (χ0) is 22.7. The number of carboxylic acid groups (broad SMARTS) is 1. The van der Waals surface area contributed by atoms with E-state index in [4.69, 9.17) is 0 Å². The second kappa shape index (κ2) is 13.3. The fraction of sp³-hybridized carbons (Fsp3) is 0.783. The number of thioether (sulfide) groups is 1. The maximum Gasteiger partial charge on any atom is 0.319 e. The van der Waals surface area contributed by atoms with Crippen LogP contribution in [0.5, 0.6) is 0 Å². The van der Waals surface area contributed by atoms with E-state index in [1.165, 1.54) is 61.6 Å². The molecule has 0 bridgehead atoms. The summed E-state index contributed by atoms with van der Waals surface area (Å²) in [6.07, 6.45) is 12.4. The minimum Gasteiger partial charge on any atom is -0.480 e. The van der Waals surface area contributed by atoms with E-state index in [1.807, 2.05) is 10.3 Å². The molecule has 0 saturated heterocycles. The highest BCUT2D eigenvalue weighted by atomic mass is 32.2. The van der Waals surface area contributed by atoms with Crippen LogP contribution in [-0.2, 0) is 11.2 Å². The van der Waals surface area contributed by atoms with Crippen LogP contribution in [-0.4, -0.2) is 50.9 Å². The molecule has 1 fully saturated rings. The molecule has 2 rings (SSSR count). The molecule has 176 valence electrons. The van der Waals surface area contributed by atoms with Crippen LogP contribution in [0.25, 0.3) is 0 Å². The van der Waals surface area contributed by atoms with E-state index < -0.39 is 10.7 Å². The van der Waals surface area contributed by atoms with Gasteiger partial charge in [-0.3, -0.25) is 4.79 Å². The van der Waals surface area contributed by atoms with Crippen LogP contribution in [0.15, 0.2) is 9.72 Å². The molecule has 1 heterocycles. The first-order chi connectivity index (χ1) is 14.8. The third-order valence-corrected chi connectivity index (χ3v) is 7.95. The van der Waals surface area contributed by atoms with Crippen LogP contribution in [0.2, 0.25) is 0 Å². The number of nitrogens with one attached hydrogen (secondary N) is 1. The summed E-state index contributed by atoms with van der Waals surface area (Å²) in [5.74, 6) is -0.845. The Balaban J connectivity index is 1.90. The fourth-order valence-electron chi connectivity index (χ4n) is 3.70. The summed E-state index contributed by atoms with van der Waals surface area (Å²) in [7, 11) is 0. The molecule has 1 aromatic rings. The molecule has 0 spiro atoms. The predicted molar refractivity (Wildman–Crippen MR) is 129 cm³/mol. The maximum absolute atomic E-state index is 12.9. The second-order valence-corrected chi connectivity index (χ2v) is 11.7. The fourth-order valence-corrected chi connectivity index (χ4v) is 5.92. The number of carbonyl (C=O) groups is 2. The molecule has 0 atom stereocenters. The third kappa shape index (κ3) is 9.39. The van der Waals surface area contributed by atoms with Crippen molar-refractivity contribution in [1.82, 2.24) is 15.2 Å². The normalized spacial score (nSPS) is 15.1. The van der Waals surface area contributed by atoms with Crippen LogP contribution >= 0.6 is 23.1 Å². The van der Waals surface area contributed by atoms with Crippen molar-refractivity contribution < 1.29 is 14.7 Å². The van der Waals surface area contributed by atoms with Crippen LogP contribution in [0, 0.1) is 0 Å². The van der Waals surface area contributed by atoms with Gasteiger partial charge in [0.2, 0.25) is 0 Å². The first-order valence-electron chi connectivity index (χ1n) is 11.7. The van der Waals surface area contributed by atoms with E-state index in [1.54, 1.807) is 13.8 Å². The largest absolute Gasteiger partial charge is 0.480 e. The van der Waals surface area contributed by atoms with Crippen molar-refractivity contribution in [3.63, 3.8) is 0 Å². The van der Waals surface area contributed by atoms with Crippen molar-refractivity contribution in [2.24, 2.45) is 0 Å². The topological polar surface area (TPSA) is 82.5 Å². The molecular formula is C23H39N3O3S2. The number of carbonyl (C=O) groups excluding carboxylic acids is 1. The van der Waals surface area contributed by atoms with Crippen LogP contribution in [0.3, 0.4) is 0 Å². The highest BCUT2D eigenvalue weighted by molar-refractivity contribution is 8.02. The Bertz CT molecular complexity index is 687. The van der Waals surface area contributed by atoms with Crippen molar-refractivity contribution in [3.05, 3.63) is 11.1 Å². The van der Waals surface area contributed by atoms with Gasteiger partial charge in [-0.15, -0.1) is 11.3 Å². The summed E-state index contributed by atoms with van der Waals surface area (Å²) in [5, 5.41) is 14.6. The number of thiazole rings is 1. The molecule has 0 aliphatic heterocycles. The number of nitrogens with zero attached hydrogens (tertiary/aromatic N) is 2. The van der Waals surface area contributed by atoms with Gasteiger partial charge in [0.1, 0.15) is 4.75 Å². The van der Waals surface area contributed by atoms with E-state index in [2.05, 4.69) is 17.2 Å². The minimum atomic E-state index is -0.903. The van der Waals surface area contributed by atoms with Crippen molar-refractivity contribution in [3.8, 4) is 0 Å². The number of urea groups is 1. The average molecular weight is 470 g/mol. The lowest BCUT2D eigenvalue weighted by Crippen LogP contribution is -2.46. The van der Waals surface area contributed by atoms with Crippen molar-refractivity contribution in [2.75, 3.05) is 13.1 Å². The van der Waals surface area contributed by atoms with Gasteiger partial charge in [0.15, 0.2) is 4.34 Å². The van der Waals surface area contributed by atoms with Gasteiger partial charge in [-0.2, -0.15) is 0 Å². The Kier molecular flexibility index (Phi) is 11.2. The zero-order valence-corrected chi connectivity index (χ0v) is 21.0. The highest BCUT2D eigenvalue weighted by Gasteiger charge is 2.30. The van der Waals surface area contributed by atoms with Crippen LogP contribution < -0.4 is 5.32 Å². The van der Waals surface area contributed by atoms with E-state index >= 15 is 0 Å². The van der Waals surface area contributed by atoms with Gasteiger partial charge in [-0.25, -0.2) is 9.78 Å². The molecule has 0 aromatic carbocycles. The SMILES string of the molecule is CCCCCCCN(CCc1csc(SC(C)(C)C(=O)O)n1)C(=O)NC1CCCCC1. The Hall–Kier alpha value is -1.28. The van der Waals surface area contributed by atoms with Crippen LogP contribution in [0.1, 0.15) is 90.7 Å².